The minimum absolute atomic E-state index is 0.200. The van der Waals surface area contributed by atoms with Gasteiger partial charge < -0.3 is 10.1 Å². The lowest BCUT2D eigenvalue weighted by Gasteiger charge is -2.17. The Labute approximate surface area is 171 Å². The predicted octanol–water partition coefficient (Wildman–Crippen LogP) is 4.09. The number of rotatable bonds is 9. The van der Waals surface area contributed by atoms with Crippen LogP contribution in [0.4, 0.5) is 5.69 Å². The molecule has 152 valence electrons. The highest BCUT2D eigenvalue weighted by molar-refractivity contribution is 7.98. The van der Waals surface area contributed by atoms with Gasteiger partial charge in [-0.15, -0.1) is 11.8 Å². The number of hydrogen-bond donors (Lipinski definition) is 1. The molecule has 1 N–H and O–H groups in total. The lowest BCUT2D eigenvalue weighted by molar-refractivity contribution is 0.102. The van der Waals surface area contributed by atoms with Gasteiger partial charge in [-0.1, -0.05) is 13.3 Å². The van der Waals surface area contributed by atoms with Crippen LogP contribution in [-0.4, -0.2) is 45.6 Å². The quantitative estimate of drug-likeness (QED) is 0.616. The number of nitrogens with zero attached hydrogens (tertiary/aromatic N) is 1. The van der Waals surface area contributed by atoms with Crippen LogP contribution in [0.5, 0.6) is 5.75 Å². The topological polar surface area (TPSA) is 75.7 Å². The van der Waals surface area contributed by atoms with Crippen molar-refractivity contribution in [1.29, 1.82) is 0 Å². The van der Waals surface area contributed by atoms with Gasteiger partial charge in [0.05, 0.1) is 17.6 Å². The molecule has 2 rings (SSSR count). The fourth-order valence-corrected chi connectivity index (χ4v) is 4.21. The highest BCUT2D eigenvalue weighted by atomic mass is 32.2. The van der Waals surface area contributed by atoms with Crippen molar-refractivity contribution in [2.75, 3.05) is 32.3 Å². The molecule has 0 radical (unpaired) electrons. The monoisotopic (exact) mass is 422 g/mol. The number of ether oxygens (including phenoxy) is 1. The molecule has 0 bridgehead atoms. The summed E-state index contributed by atoms with van der Waals surface area (Å²) < 4.78 is 31.8. The summed E-state index contributed by atoms with van der Waals surface area (Å²) in [6.45, 7) is 2.49. The van der Waals surface area contributed by atoms with E-state index < -0.39 is 10.0 Å². The number of thioether (sulfide) groups is 1. The number of hydrogen-bond acceptors (Lipinski definition) is 5. The molecule has 2 aromatic carbocycles. The van der Waals surface area contributed by atoms with E-state index in [-0.39, 0.29) is 10.8 Å². The van der Waals surface area contributed by atoms with Crippen molar-refractivity contribution in [3.63, 3.8) is 0 Å². The fourth-order valence-electron chi connectivity index (χ4n) is 2.58. The summed E-state index contributed by atoms with van der Waals surface area (Å²) in [5.41, 5.74) is 0.924. The van der Waals surface area contributed by atoms with Gasteiger partial charge in [-0.05, 0) is 55.1 Å². The van der Waals surface area contributed by atoms with E-state index in [1.54, 1.807) is 43.1 Å². The molecule has 0 aliphatic rings. The molecule has 1 amide bonds. The molecule has 0 heterocycles. The first-order chi connectivity index (χ1) is 13.3. The van der Waals surface area contributed by atoms with Crippen LogP contribution >= 0.6 is 11.8 Å². The summed E-state index contributed by atoms with van der Waals surface area (Å²) >= 11 is 1.56. The van der Waals surface area contributed by atoms with E-state index in [9.17, 15) is 13.2 Å². The van der Waals surface area contributed by atoms with Crippen molar-refractivity contribution in [3.05, 3.63) is 48.0 Å². The van der Waals surface area contributed by atoms with Crippen molar-refractivity contribution < 1.29 is 17.9 Å². The van der Waals surface area contributed by atoms with E-state index in [4.69, 9.17) is 4.74 Å². The Morgan fingerprint density at radius 3 is 2.43 bits per heavy atom. The van der Waals surface area contributed by atoms with Gasteiger partial charge in [-0.25, -0.2) is 12.7 Å². The van der Waals surface area contributed by atoms with Crippen molar-refractivity contribution in [3.8, 4) is 5.75 Å². The first kappa shape index (κ1) is 22.3. The van der Waals surface area contributed by atoms with Crippen LogP contribution in [0, 0.1) is 0 Å². The SMILES string of the molecule is CCCCN(C)S(=O)(=O)c1ccc(NC(=O)c2ccc(SC)cc2OC)cc1. The van der Waals surface area contributed by atoms with E-state index in [2.05, 4.69) is 5.32 Å². The zero-order valence-corrected chi connectivity index (χ0v) is 18.2. The molecule has 0 spiro atoms. The third-order valence-corrected chi connectivity index (χ3v) is 6.90. The zero-order valence-electron chi connectivity index (χ0n) is 16.6. The Morgan fingerprint density at radius 2 is 1.86 bits per heavy atom. The van der Waals surface area contributed by atoms with Crippen LogP contribution in [0.15, 0.2) is 52.3 Å². The van der Waals surface area contributed by atoms with Gasteiger partial charge in [0, 0.05) is 24.2 Å². The molecule has 0 saturated heterocycles. The first-order valence-corrected chi connectivity index (χ1v) is 11.6. The van der Waals surface area contributed by atoms with Crippen LogP contribution in [0.3, 0.4) is 0 Å². The average molecular weight is 423 g/mol. The molecule has 6 nitrogen and oxygen atoms in total. The van der Waals surface area contributed by atoms with E-state index in [1.165, 1.54) is 23.5 Å². The molecule has 0 aromatic heterocycles. The molecule has 0 fully saturated rings. The summed E-state index contributed by atoms with van der Waals surface area (Å²) in [6, 6.07) is 11.5. The molecular weight excluding hydrogens is 396 g/mol. The van der Waals surface area contributed by atoms with Gasteiger partial charge in [-0.2, -0.15) is 0 Å². The maximum atomic E-state index is 12.6. The average Bonchev–Trinajstić information content (AvgIpc) is 2.71. The number of carbonyl (C=O) groups excluding carboxylic acids is 1. The van der Waals surface area contributed by atoms with E-state index >= 15 is 0 Å². The van der Waals surface area contributed by atoms with Gasteiger partial charge >= 0.3 is 0 Å². The third-order valence-electron chi connectivity index (χ3n) is 4.30. The summed E-state index contributed by atoms with van der Waals surface area (Å²) in [5.74, 6) is 0.168. The molecule has 8 heteroatoms. The van der Waals surface area contributed by atoms with E-state index in [0.29, 0.717) is 23.5 Å². The second-order valence-corrected chi connectivity index (χ2v) is 9.15. The number of methoxy groups -OCH3 is 1. The Morgan fingerprint density at radius 1 is 1.18 bits per heavy atom. The van der Waals surface area contributed by atoms with Gasteiger partial charge in [0.15, 0.2) is 0 Å². The number of amides is 1. The Bertz CT molecular complexity index is 912. The predicted molar refractivity (Wildman–Crippen MR) is 114 cm³/mol. The highest BCUT2D eigenvalue weighted by Crippen LogP contribution is 2.26. The standard InChI is InChI=1S/C20H26N2O4S2/c1-5-6-13-22(2)28(24,25)17-10-7-15(8-11-17)21-20(23)18-12-9-16(27-4)14-19(18)26-3/h7-12,14H,5-6,13H2,1-4H3,(H,21,23). The zero-order chi connectivity index (χ0) is 20.7. The first-order valence-electron chi connectivity index (χ1n) is 8.93. The van der Waals surface area contributed by atoms with Crippen LogP contribution < -0.4 is 10.1 Å². The number of nitrogens with one attached hydrogen (secondary N) is 1. The molecule has 2 aromatic rings. The van der Waals surface area contributed by atoms with Crippen molar-refractivity contribution >= 4 is 33.4 Å². The highest BCUT2D eigenvalue weighted by Gasteiger charge is 2.20. The van der Waals surface area contributed by atoms with Gasteiger partial charge in [0.1, 0.15) is 5.75 Å². The van der Waals surface area contributed by atoms with E-state index in [1.807, 2.05) is 19.2 Å². The maximum Gasteiger partial charge on any atom is 0.259 e. The van der Waals surface area contributed by atoms with Crippen LogP contribution in [0.1, 0.15) is 30.1 Å². The third kappa shape index (κ3) is 5.27. The van der Waals surface area contributed by atoms with Crippen LogP contribution in [0.25, 0.3) is 0 Å². The molecule has 0 saturated carbocycles. The lowest BCUT2D eigenvalue weighted by Crippen LogP contribution is -2.27. The smallest absolute Gasteiger partial charge is 0.259 e. The van der Waals surface area contributed by atoms with Gasteiger partial charge in [0.25, 0.3) is 5.91 Å². The number of anilines is 1. The van der Waals surface area contributed by atoms with Crippen LogP contribution in [-0.2, 0) is 10.0 Å². The minimum atomic E-state index is -3.53. The second-order valence-electron chi connectivity index (χ2n) is 6.22. The number of carbonyl (C=O) groups is 1. The molecule has 0 atom stereocenters. The molecular formula is C20H26N2O4S2. The minimum Gasteiger partial charge on any atom is -0.496 e. The summed E-state index contributed by atoms with van der Waals surface area (Å²) in [7, 11) is -0.435. The summed E-state index contributed by atoms with van der Waals surface area (Å²) in [6.07, 6.45) is 3.68. The lowest BCUT2D eigenvalue weighted by atomic mass is 10.2. The molecule has 0 aliphatic heterocycles. The van der Waals surface area contributed by atoms with Crippen molar-refractivity contribution in [2.45, 2.75) is 29.6 Å². The Hall–Kier alpha value is -2.03. The van der Waals surface area contributed by atoms with Gasteiger partial charge in [-0.3, -0.25) is 4.79 Å². The Balaban J connectivity index is 2.15. The van der Waals surface area contributed by atoms with Crippen molar-refractivity contribution in [1.82, 2.24) is 4.31 Å². The molecule has 28 heavy (non-hydrogen) atoms. The normalized spacial score (nSPS) is 11.5. The number of benzene rings is 2. The number of unbranched alkanes of at least 4 members (excludes halogenated alkanes) is 1. The number of sulfonamides is 1. The van der Waals surface area contributed by atoms with Gasteiger partial charge in [0.2, 0.25) is 10.0 Å². The summed E-state index contributed by atoms with van der Waals surface area (Å²) in [4.78, 5) is 13.8. The van der Waals surface area contributed by atoms with Crippen molar-refractivity contribution in [2.24, 2.45) is 0 Å². The largest absolute Gasteiger partial charge is 0.496 e. The summed E-state index contributed by atoms with van der Waals surface area (Å²) in [5, 5.41) is 2.78. The Kier molecular flexibility index (Phi) is 7.91. The fraction of sp³-hybridized carbons (Fsp3) is 0.350. The molecule has 0 aliphatic carbocycles. The second kappa shape index (κ2) is 9.95. The molecule has 0 unspecified atom stereocenters. The van der Waals surface area contributed by atoms with E-state index in [0.717, 1.165) is 17.7 Å². The maximum absolute atomic E-state index is 12.6. The van der Waals surface area contributed by atoms with Crippen LogP contribution in [0.2, 0.25) is 0 Å².